The number of aliphatic hydroxyl groups is 1. The summed E-state index contributed by atoms with van der Waals surface area (Å²) in [6.45, 7) is 1.52. The van der Waals surface area contributed by atoms with Crippen LogP contribution in [0.25, 0.3) is 32.7 Å². The van der Waals surface area contributed by atoms with Crippen molar-refractivity contribution in [3.8, 4) is 0 Å². The van der Waals surface area contributed by atoms with E-state index in [9.17, 15) is 19.1 Å². The molecule has 0 spiro atoms. The standard InChI is InChI=1S/C38H34ClFN6O4/c39-30-17-26(10-11-31(30)40)43-37-29-18-35(36(19-34(29)41-22-42-37)46-12-14-50-21-27(46)7-4-13-47)45-38(49)25(20-48)15-23-6-3-9-33-28(23)16-24-5-1-2-8-32(24)44-33/h1-3,5-6,8-11,16-20,22,25,27,47H,4,7,12-15,21H2,(H,45,49)(H,41,42,43). The third kappa shape index (κ3) is 6.93. The summed E-state index contributed by atoms with van der Waals surface area (Å²) in [7, 11) is 0. The Bertz CT molecular complexity index is 2220. The van der Waals surface area contributed by atoms with Crippen LogP contribution in [-0.2, 0) is 20.7 Å². The third-order valence-corrected chi connectivity index (χ3v) is 9.31. The van der Waals surface area contributed by atoms with Crippen molar-refractivity contribution in [3.63, 3.8) is 0 Å². The predicted octanol–water partition coefficient (Wildman–Crippen LogP) is 6.84. The quantitative estimate of drug-likeness (QED) is 0.0759. The fraction of sp³-hybridized carbons (Fsp3) is 0.237. The van der Waals surface area contributed by atoms with Crippen LogP contribution in [0.4, 0.5) is 27.3 Å². The number of nitrogens with zero attached hydrogens (tertiary/aromatic N) is 4. The Kier molecular flexibility index (Phi) is 9.79. The minimum atomic E-state index is -1.00. The molecular weight excluding hydrogens is 659 g/mol. The van der Waals surface area contributed by atoms with E-state index in [-0.39, 0.29) is 24.1 Å². The lowest BCUT2D eigenvalue weighted by Gasteiger charge is -2.38. The van der Waals surface area contributed by atoms with E-state index >= 15 is 0 Å². The maximum absolute atomic E-state index is 14.0. The van der Waals surface area contributed by atoms with Gasteiger partial charge in [-0.2, -0.15) is 0 Å². The summed E-state index contributed by atoms with van der Waals surface area (Å²) in [6, 6.07) is 23.5. The molecule has 50 heavy (non-hydrogen) atoms. The molecule has 254 valence electrons. The number of aldehydes is 1. The summed E-state index contributed by atoms with van der Waals surface area (Å²) in [6.07, 6.45) is 3.53. The van der Waals surface area contributed by atoms with E-state index in [1.165, 1.54) is 18.5 Å². The molecule has 1 fully saturated rings. The lowest BCUT2D eigenvalue weighted by molar-refractivity contribution is -0.125. The van der Waals surface area contributed by atoms with Gasteiger partial charge in [0.25, 0.3) is 0 Å². The number of aromatic nitrogens is 3. The second-order valence-electron chi connectivity index (χ2n) is 12.3. The number of ether oxygens (including phenoxy) is 1. The van der Waals surface area contributed by atoms with Crippen LogP contribution in [0.15, 0.2) is 85.2 Å². The maximum atomic E-state index is 14.0. The van der Waals surface area contributed by atoms with Gasteiger partial charge < -0.3 is 30.2 Å². The highest BCUT2D eigenvalue weighted by Crippen LogP contribution is 2.37. The van der Waals surface area contributed by atoms with Crippen molar-refractivity contribution in [1.82, 2.24) is 15.0 Å². The summed E-state index contributed by atoms with van der Waals surface area (Å²) in [5, 5.41) is 18.2. The van der Waals surface area contributed by atoms with Crippen LogP contribution in [-0.4, -0.2) is 64.7 Å². The number of hydrogen-bond donors (Lipinski definition) is 3. The van der Waals surface area contributed by atoms with E-state index in [0.29, 0.717) is 72.7 Å². The number of fused-ring (bicyclic) bond motifs is 3. The molecule has 1 aliphatic rings. The molecule has 10 nitrogen and oxygen atoms in total. The van der Waals surface area contributed by atoms with E-state index < -0.39 is 17.6 Å². The Morgan fingerprint density at radius 2 is 1.90 bits per heavy atom. The summed E-state index contributed by atoms with van der Waals surface area (Å²) >= 11 is 6.04. The van der Waals surface area contributed by atoms with Crippen LogP contribution < -0.4 is 15.5 Å². The molecule has 2 aromatic heterocycles. The number of carbonyl (C=O) groups is 2. The Morgan fingerprint density at radius 1 is 1.04 bits per heavy atom. The molecular formula is C38H34ClFN6O4. The zero-order valence-electron chi connectivity index (χ0n) is 27.0. The fourth-order valence-corrected chi connectivity index (χ4v) is 6.66. The molecule has 12 heteroatoms. The van der Waals surface area contributed by atoms with Gasteiger partial charge in [0.2, 0.25) is 5.91 Å². The number of aliphatic hydroxyl groups excluding tert-OH is 1. The van der Waals surface area contributed by atoms with E-state index in [2.05, 4.69) is 25.5 Å². The van der Waals surface area contributed by atoms with Crippen LogP contribution in [0, 0.1) is 11.7 Å². The number of amides is 1. The number of nitrogens with one attached hydrogen (secondary N) is 2. The van der Waals surface area contributed by atoms with Crippen LogP contribution >= 0.6 is 11.6 Å². The first kappa shape index (κ1) is 33.3. The van der Waals surface area contributed by atoms with Gasteiger partial charge in [0.05, 0.1) is 58.1 Å². The second kappa shape index (κ2) is 14.7. The zero-order chi connectivity index (χ0) is 34.6. The predicted molar refractivity (Wildman–Crippen MR) is 194 cm³/mol. The Morgan fingerprint density at radius 3 is 2.74 bits per heavy atom. The highest BCUT2D eigenvalue weighted by Gasteiger charge is 2.28. The number of morpholine rings is 1. The highest BCUT2D eigenvalue weighted by atomic mass is 35.5. The molecule has 4 aromatic carbocycles. The molecule has 3 N–H and O–H groups in total. The van der Waals surface area contributed by atoms with Gasteiger partial charge in [-0.1, -0.05) is 41.9 Å². The SMILES string of the molecule is O=CC(Cc1cccc2nc3ccccc3cc12)C(=O)Nc1cc2c(Nc3ccc(F)c(Cl)c3)ncnc2cc1N1CCOCC1CCCO. The second-order valence-corrected chi connectivity index (χ2v) is 12.7. The smallest absolute Gasteiger partial charge is 0.235 e. The van der Waals surface area contributed by atoms with Gasteiger partial charge in [0.15, 0.2) is 0 Å². The number of para-hydroxylation sites is 1. The fourth-order valence-electron chi connectivity index (χ4n) is 6.48. The molecule has 6 aromatic rings. The van der Waals surface area contributed by atoms with Crippen LogP contribution in [0.1, 0.15) is 18.4 Å². The first-order valence-corrected chi connectivity index (χ1v) is 16.8. The van der Waals surface area contributed by atoms with E-state index in [0.717, 1.165) is 27.4 Å². The summed E-state index contributed by atoms with van der Waals surface area (Å²) in [4.78, 5) is 42.5. The first-order valence-electron chi connectivity index (χ1n) is 16.4. The van der Waals surface area contributed by atoms with Gasteiger partial charge in [0, 0.05) is 35.0 Å². The number of pyridine rings is 1. The molecule has 3 heterocycles. The molecule has 7 rings (SSSR count). The van der Waals surface area contributed by atoms with Crippen molar-refractivity contribution >= 4 is 79.4 Å². The molecule has 0 radical (unpaired) electrons. The number of hydrogen-bond acceptors (Lipinski definition) is 9. The highest BCUT2D eigenvalue weighted by molar-refractivity contribution is 6.31. The van der Waals surface area contributed by atoms with E-state index in [1.54, 1.807) is 12.1 Å². The minimum Gasteiger partial charge on any atom is -0.396 e. The maximum Gasteiger partial charge on any atom is 0.235 e. The number of halogens is 2. The molecule has 2 atom stereocenters. The van der Waals surface area contributed by atoms with Crippen LogP contribution in [0.5, 0.6) is 0 Å². The van der Waals surface area contributed by atoms with Gasteiger partial charge in [-0.05, 0) is 73.4 Å². The zero-order valence-corrected chi connectivity index (χ0v) is 27.7. The normalized spacial score (nSPS) is 15.3. The molecule has 0 bridgehead atoms. The van der Waals surface area contributed by atoms with E-state index in [4.69, 9.17) is 21.3 Å². The van der Waals surface area contributed by atoms with Gasteiger partial charge in [-0.25, -0.2) is 19.3 Å². The number of benzene rings is 4. The Hall–Kier alpha value is -5.23. The Balaban J connectivity index is 1.26. The average molecular weight is 693 g/mol. The van der Waals surface area contributed by atoms with Crippen molar-refractivity contribution < 1.29 is 23.8 Å². The van der Waals surface area contributed by atoms with Gasteiger partial charge in [-0.15, -0.1) is 0 Å². The van der Waals surface area contributed by atoms with Crippen molar-refractivity contribution in [2.24, 2.45) is 5.92 Å². The molecule has 1 saturated heterocycles. The summed E-state index contributed by atoms with van der Waals surface area (Å²) in [5.41, 5.74) is 4.77. The summed E-state index contributed by atoms with van der Waals surface area (Å²) < 4.78 is 19.7. The topological polar surface area (TPSA) is 130 Å². The Labute approximate surface area is 292 Å². The lowest BCUT2D eigenvalue weighted by atomic mass is 9.95. The third-order valence-electron chi connectivity index (χ3n) is 9.02. The monoisotopic (exact) mass is 692 g/mol. The van der Waals surface area contributed by atoms with Crippen molar-refractivity contribution in [3.05, 3.63) is 102 Å². The van der Waals surface area contributed by atoms with Gasteiger partial charge >= 0.3 is 0 Å². The molecule has 0 aliphatic carbocycles. The van der Waals surface area contributed by atoms with E-state index in [1.807, 2.05) is 54.6 Å². The van der Waals surface area contributed by atoms with Crippen molar-refractivity contribution in [2.75, 3.05) is 41.9 Å². The minimum absolute atomic E-state index is 0.0418. The number of anilines is 4. The van der Waals surface area contributed by atoms with Crippen LogP contribution in [0.2, 0.25) is 5.02 Å². The van der Waals surface area contributed by atoms with Crippen molar-refractivity contribution in [1.29, 1.82) is 0 Å². The number of carbonyl (C=O) groups excluding carboxylic acids is 2. The molecule has 2 unspecified atom stereocenters. The lowest BCUT2D eigenvalue weighted by Crippen LogP contribution is -2.46. The van der Waals surface area contributed by atoms with Gasteiger partial charge in [-0.3, -0.25) is 4.79 Å². The molecule has 1 amide bonds. The molecule has 1 aliphatic heterocycles. The largest absolute Gasteiger partial charge is 0.396 e. The summed E-state index contributed by atoms with van der Waals surface area (Å²) in [5.74, 6) is -1.60. The molecule has 0 saturated carbocycles. The van der Waals surface area contributed by atoms with Gasteiger partial charge in [0.1, 0.15) is 24.2 Å². The number of rotatable bonds is 11. The average Bonchev–Trinajstić information content (AvgIpc) is 3.13. The van der Waals surface area contributed by atoms with Crippen LogP contribution in [0.3, 0.4) is 0 Å². The first-order chi connectivity index (χ1) is 24.4. The van der Waals surface area contributed by atoms with Crippen molar-refractivity contribution in [2.45, 2.75) is 25.3 Å².